The van der Waals surface area contributed by atoms with Crippen LogP contribution < -0.4 is 0 Å². The molecule has 0 saturated carbocycles. The standard InChI is InChI=1S/C21H22ClN3O2/c1-14-4-5-17(15(2)12-14)13-25(3)20(26)11-10-19-23-21(24-27-19)16-6-8-18(22)9-7-16/h4-9,12H,10-11,13H2,1-3H3. The maximum atomic E-state index is 12.4. The van der Waals surface area contributed by atoms with Crippen LogP contribution in [0.4, 0.5) is 0 Å². The van der Waals surface area contributed by atoms with Crippen LogP contribution in [0.1, 0.15) is 29.0 Å². The highest BCUT2D eigenvalue weighted by Crippen LogP contribution is 2.19. The lowest BCUT2D eigenvalue weighted by Crippen LogP contribution is -2.26. The Balaban J connectivity index is 1.56. The lowest BCUT2D eigenvalue weighted by Gasteiger charge is -2.18. The number of carbonyl (C=O) groups excluding carboxylic acids is 1. The summed E-state index contributed by atoms with van der Waals surface area (Å²) in [7, 11) is 1.81. The molecular formula is C21H22ClN3O2. The van der Waals surface area contributed by atoms with E-state index in [1.807, 2.05) is 19.2 Å². The van der Waals surface area contributed by atoms with Crippen molar-refractivity contribution in [1.29, 1.82) is 0 Å². The number of rotatable bonds is 6. The third-order valence-electron chi connectivity index (χ3n) is 4.45. The highest BCUT2D eigenvalue weighted by molar-refractivity contribution is 6.30. The zero-order valence-electron chi connectivity index (χ0n) is 15.7. The molecule has 1 heterocycles. The molecule has 0 fully saturated rings. The Bertz CT molecular complexity index is 935. The normalized spacial score (nSPS) is 10.8. The number of aromatic nitrogens is 2. The molecule has 1 amide bonds. The Morgan fingerprint density at radius 2 is 1.89 bits per heavy atom. The van der Waals surface area contributed by atoms with Crippen molar-refractivity contribution in [2.24, 2.45) is 0 Å². The van der Waals surface area contributed by atoms with E-state index in [4.69, 9.17) is 16.1 Å². The van der Waals surface area contributed by atoms with E-state index in [1.165, 1.54) is 11.1 Å². The summed E-state index contributed by atoms with van der Waals surface area (Å²) in [6.07, 6.45) is 0.736. The van der Waals surface area contributed by atoms with Gasteiger partial charge in [0.1, 0.15) is 0 Å². The second-order valence-corrected chi connectivity index (χ2v) is 7.13. The number of aryl methyl sites for hydroxylation is 3. The molecule has 0 N–H and O–H groups in total. The van der Waals surface area contributed by atoms with E-state index < -0.39 is 0 Å². The lowest BCUT2D eigenvalue weighted by atomic mass is 10.1. The van der Waals surface area contributed by atoms with E-state index in [-0.39, 0.29) is 5.91 Å². The molecular weight excluding hydrogens is 362 g/mol. The molecule has 0 unspecified atom stereocenters. The number of carbonyl (C=O) groups is 1. The Morgan fingerprint density at radius 3 is 2.59 bits per heavy atom. The lowest BCUT2D eigenvalue weighted by molar-refractivity contribution is -0.130. The van der Waals surface area contributed by atoms with Crippen LogP contribution in [-0.2, 0) is 17.8 Å². The molecule has 0 bridgehead atoms. The van der Waals surface area contributed by atoms with Crippen LogP contribution in [0.2, 0.25) is 5.02 Å². The van der Waals surface area contributed by atoms with E-state index in [0.29, 0.717) is 36.1 Å². The largest absolute Gasteiger partial charge is 0.341 e. The van der Waals surface area contributed by atoms with Crippen molar-refractivity contribution in [3.05, 3.63) is 70.1 Å². The summed E-state index contributed by atoms with van der Waals surface area (Å²) in [4.78, 5) is 18.5. The van der Waals surface area contributed by atoms with Gasteiger partial charge in [-0.15, -0.1) is 0 Å². The number of nitrogens with zero attached hydrogens (tertiary/aromatic N) is 3. The molecule has 0 atom stereocenters. The molecule has 6 heteroatoms. The second-order valence-electron chi connectivity index (χ2n) is 6.70. The van der Waals surface area contributed by atoms with Gasteiger partial charge >= 0.3 is 0 Å². The number of benzene rings is 2. The summed E-state index contributed by atoms with van der Waals surface area (Å²) < 4.78 is 5.27. The van der Waals surface area contributed by atoms with Gasteiger partial charge in [0.15, 0.2) is 0 Å². The molecule has 0 aliphatic rings. The topological polar surface area (TPSA) is 59.2 Å². The fraction of sp³-hybridized carbons (Fsp3) is 0.286. The van der Waals surface area contributed by atoms with E-state index >= 15 is 0 Å². The summed E-state index contributed by atoms with van der Waals surface area (Å²) in [5, 5.41) is 4.63. The number of hydrogen-bond donors (Lipinski definition) is 0. The van der Waals surface area contributed by atoms with Crippen molar-refractivity contribution in [3.8, 4) is 11.4 Å². The monoisotopic (exact) mass is 383 g/mol. The van der Waals surface area contributed by atoms with E-state index in [9.17, 15) is 4.79 Å². The van der Waals surface area contributed by atoms with Crippen molar-refractivity contribution in [2.45, 2.75) is 33.2 Å². The maximum absolute atomic E-state index is 12.4. The van der Waals surface area contributed by atoms with Crippen LogP contribution in [0, 0.1) is 13.8 Å². The first kappa shape index (κ1) is 19.1. The van der Waals surface area contributed by atoms with Crippen LogP contribution in [-0.4, -0.2) is 28.0 Å². The second kappa shape index (κ2) is 8.35. The van der Waals surface area contributed by atoms with Gasteiger partial charge in [-0.2, -0.15) is 4.98 Å². The highest BCUT2D eigenvalue weighted by Gasteiger charge is 2.14. The quantitative estimate of drug-likeness (QED) is 0.624. The zero-order valence-corrected chi connectivity index (χ0v) is 16.5. The number of amides is 1. The Kier molecular flexibility index (Phi) is 5.91. The molecule has 1 aromatic heterocycles. The summed E-state index contributed by atoms with van der Waals surface area (Å²) in [6, 6.07) is 13.5. The van der Waals surface area contributed by atoms with Crippen LogP contribution in [0.15, 0.2) is 47.0 Å². The summed E-state index contributed by atoms with van der Waals surface area (Å²) in [5.41, 5.74) is 4.39. The first-order valence-corrected chi connectivity index (χ1v) is 9.19. The predicted molar refractivity (Wildman–Crippen MR) is 105 cm³/mol. The summed E-state index contributed by atoms with van der Waals surface area (Å²) >= 11 is 5.89. The van der Waals surface area contributed by atoms with Crippen molar-refractivity contribution in [3.63, 3.8) is 0 Å². The highest BCUT2D eigenvalue weighted by atomic mass is 35.5. The third kappa shape index (κ3) is 4.95. The van der Waals surface area contributed by atoms with Crippen molar-refractivity contribution in [1.82, 2.24) is 15.0 Å². The summed E-state index contributed by atoms with van der Waals surface area (Å²) in [5.74, 6) is 0.993. The molecule has 5 nitrogen and oxygen atoms in total. The molecule has 0 aliphatic carbocycles. The molecule has 0 saturated heterocycles. The van der Waals surface area contributed by atoms with E-state index in [2.05, 4.69) is 42.2 Å². The molecule has 2 aromatic carbocycles. The molecule has 0 spiro atoms. The van der Waals surface area contributed by atoms with Crippen LogP contribution >= 0.6 is 11.6 Å². The van der Waals surface area contributed by atoms with Crippen LogP contribution in [0.3, 0.4) is 0 Å². The Morgan fingerprint density at radius 1 is 1.15 bits per heavy atom. The Labute approximate surface area is 164 Å². The van der Waals surface area contributed by atoms with Gasteiger partial charge in [-0.05, 0) is 49.2 Å². The fourth-order valence-electron chi connectivity index (χ4n) is 2.84. The van der Waals surface area contributed by atoms with Gasteiger partial charge in [-0.3, -0.25) is 4.79 Å². The van der Waals surface area contributed by atoms with Gasteiger partial charge in [0.25, 0.3) is 0 Å². The molecule has 140 valence electrons. The van der Waals surface area contributed by atoms with Gasteiger partial charge in [0, 0.05) is 37.0 Å². The molecule has 0 radical (unpaired) electrons. The molecule has 3 aromatic rings. The molecule has 3 rings (SSSR count). The minimum absolute atomic E-state index is 0.0428. The van der Waals surface area contributed by atoms with Crippen LogP contribution in [0.25, 0.3) is 11.4 Å². The fourth-order valence-corrected chi connectivity index (χ4v) is 2.97. The average Bonchev–Trinajstić information content (AvgIpc) is 3.11. The number of halogens is 1. The average molecular weight is 384 g/mol. The van der Waals surface area contributed by atoms with Crippen LogP contribution in [0.5, 0.6) is 0 Å². The minimum Gasteiger partial charge on any atom is -0.341 e. The maximum Gasteiger partial charge on any atom is 0.227 e. The first-order chi connectivity index (χ1) is 12.9. The zero-order chi connectivity index (χ0) is 19.4. The van der Waals surface area contributed by atoms with Crippen molar-refractivity contribution < 1.29 is 9.32 Å². The van der Waals surface area contributed by atoms with Gasteiger partial charge < -0.3 is 9.42 Å². The smallest absolute Gasteiger partial charge is 0.227 e. The third-order valence-corrected chi connectivity index (χ3v) is 4.71. The van der Waals surface area contributed by atoms with Crippen molar-refractivity contribution >= 4 is 17.5 Å². The predicted octanol–water partition coefficient (Wildman–Crippen LogP) is 4.60. The summed E-state index contributed by atoms with van der Waals surface area (Å²) in [6.45, 7) is 4.72. The minimum atomic E-state index is 0.0428. The number of hydrogen-bond acceptors (Lipinski definition) is 4. The van der Waals surface area contributed by atoms with E-state index in [0.717, 1.165) is 11.1 Å². The van der Waals surface area contributed by atoms with Gasteiger partial charge in [-0.1, -0.05) is 40.5 Å². The van der Waals surface area contributed by atoms with Gasteiger partial charge in [0.05, 0.1) is 0 Å². The van der Waals surface area contributed by atoms with Gasteiger partial charge in [-0.25, -0.2) is 0 Å². The first-order valence-electron chi connectivity index (χ1n) is 8.81. The molecule has 27 heavy (non-hydrogen) atoms. The SMILES string of the molecule is Cc1ccc(CN(C)C(=O)CCc2nc(-c3ccc(Cl)cc3)no2)c(C)c1. The Hall–Kier alpha value is -2.66. The van der Waals surface area contributed by atoms with E-state index in [1.54, 1.807) is 17.0 Å². The molecule has 0 aliphatic heterocycles. The van der Waals surface area contributed by atoms with Crippen molar-refractivity contribution in [2.75, 3.05) is 7.05 Å². The van der Waals surface area contributed by atoms with Gasteiger partial charge in [0.2, 0.25) is 17.6 Å².